The molecule has 0 spiro atoms. The van der Waals surface area contributed by atoms with Gasteiger partial charge in [0.2, 0.25) is 0 Å². The van der Waals surface area contributed by atoms with Gasteiger partial charge in [0.15, 0.2) is 0 Å². The highest BCUT2D eigenvalue weighted by Gasteiger charge is 2.13. The molecular formula is C14H20N2. The molecule has 1 unspecified atom stereocenters. The van der Waals surface area contributed by atoms with Gasteiger partial charge in [0, 0.05) is 24.7 Å². The van der Waals surface area contributed by atoms with Crippen molar-refractivity contribution in [3.05, 3.63) is 35.5 Å². The minimum atomic E-state index is 0.149. The number of hydrogen-bond donors (Lipinski definition) is 1. The monoisotopic (exact) mass is 216 g/mol. The van der Waals surface area contributed by atoms with Crippen LogP contribution >= 0.6 is 0 Å². The van der Waals surface area contributed by atoms with Crippen molar-refractivity contribution in [1.82, 2.24) is 4.57 Å². The van der Waals surface area contributed by atoms with E-state index < -0.39 is 0 Å². The predicted octanol–water partition coefficient (Wildman–Crippen LogP) is 3.15. The van der Waals surface area contributed by atoms with Crippen molar-refractivity contribution >= 4 is 10.9 Å². The van der Waals surface area contributed by atoms with Gasteiger partial charge in [-0.2, -0.15) is 0 Å². The Balaban J connectivity index is 2.71. The van der Waals surface area contributed by atoms with Gasteiger partial charge < -0.3 is 10.3 Å². The molecule has 16 heavy (non-hydrogen) atoms. The maximum absolute atomic E-state index is 6.15. The summed E-state index contributed by atoms with van der Waals surface area (Å²) in [4.78, 5) is 0. The van der Waals surface area contributed by atoms with Crippen LogP contribution in [0.5, 0.6) is 0 Å². The number of fused-ring (bicyclic) bond motifs is 1. The Morgan fingerprint density at radius 2 is 2.06 bits per heavy atom. The predicted molar refractivity (Wildman–Crippen MR) is 69.5 cm³/mol. The standard InChI is InChI=1S/C14H20N2/c1-4-10-7-6-8-11-12(13(15)5-2)9-16(3)14(10)11/h6-9,13H,4-5,15H2,1-3H3. The first-order valence-electron chi connectivity index (χ1n) is 6.01. The molecule has 0 aliphatic heterocycles. The second-order valence-electron chi connectivity index (χ2n) is 4.38. The third-order valence-corrected chi connectivity index (χ3v) is 3.34. The molecule has 2 N–H and O–H groups in total. The second-order valence-corrected chi connectivity index (χ2v) is 4.38. The normalized spacial score (nSPS) is 13.2. The summed E-state index contributed by atoms with van der Waals surface area (Å²) < 4.78 is 2.21. The molecule has 1 aromatic heterocycles. The smallest absolute Gasteiger partial charge is 0.0513 e. The van der Waals surface area contributed by atoms with E-state index in [2.05, 4.69) is 49.9 Å². The molecular weight excluding hydrogens is 196 g/mol. The molecule has 2 aromatic rings. The fraction of sp³-hybridized carbons (Fsp3) is 0.429. The van der Waals surface area contributed by atoms with Gasteiger partial charge in [-0.05, 0) is 24.0 Å². The number of benzene rings is 1. The second kappa shape index (κ2) is 4.30. The molecule has 1 heterocycles. The summed E-state index contributed by atoms with van der Waals surface area (Å²) in [5.41, 5.74) is 10.2. The fourth-order valence-corrected chi connectivity index (χ4v) is 2.38. The number of nitrogens with zero attached hydrogens (tertiary/aromatic N) is 1. The van der Waals surface area contributed by atoms with Crippen molar-refractivity contribution < 1.29 is 0 Å². The molecule has 2 heteroatoms. The minimum absolute atomic E-state index is 0.149. The SMILES string of the molecule is CCc1cccc2c(C(N)CC)cn(C)c12. The summed E-state index contributed by atoms with van der Waals surface area (Å²) in [5, 5.41) is 1.32. The molecule has 0 saturated carbocycles. The molecule has 2 nitrogen and oxygen atoms in total. The Kier molecular flexibility index (Phi) is 3.01. The first-order chi connectivity index (χ1) is 7.69. The quantitative estimate of drug-likeness (QED) is 0.839. The van der Waals surface area contributed by atoms with E-state index in [1.165, 1.54) is 22.0 Å². The Morgan fingerprint density at radius 1 is 1.31 bits per heavy atom. The average molecular weight is 216 g/mol. The Bertz CT molecular complexity index is 497. The molecule has 0 bridgehead atoms. The average Bonchev–Trinajstić information content (AvgIpc) is 2.66. The van der Waals surface area contributed by atoms with Gasteiger partial charge in [0.25, 0.3) is 0 Å². The van der Waals surface area contributed by atoms with Crippen LogP contribution in [0, 0.1) is 0 Å². The molecule has 0 amide bonds. The summed E-state index contributed by atoms with van der Waals surface area (Å²) in [6.45, 7) is 4.33. The van der Waals surface area contributed by atoms with Gasteiger partial charge in [0.1, 0.15) is 0 Å². The van der Waals surface area contributed by atoms with Crippen LogP contribution in [0.25, 0.3) is 10.9 Å². The zero-order chi connectivity index (χ0) is 11.7. The van der Waals surface area contributed by atoms with Crippen LogP contribution in [-0.4, -0.2) is 4.57 Å². The molecule has 2 rings (SSSR count). The van der Waals surface area contributed by atoms with E-state index in [1.54, 1.807) is 0 Å². The fourth-order valence-electron chi connectivity index (χ4n) is 2.38. The minimum Gasteiger partial charge on any atom is -0.350 e. The lowest BCUT2D eigenvalue weighted by atomic mass is 10.0. The molecule has 0 aliphatic rings. The van der Waals surface area contributed by atoms with Crippen molar-refractivity contribution in [2.75, 3.05) is 0 Å². The number of aromatic nitrogens is 1. The van der Waals surface area contributed by atoms with Gasteiger partial charge in [-0.1, -0.05) is 32.0 Å². The number of nitrogens with two attached hydrogens (primary N) is 1. The van der Waals surface area contributed by atoms with Crippen LogP contribution in [-0.2, 0) is 13.5 Å². The zero-order valence-corrected chi connectivity index (χ0v) is 10.3. The molecule has 0 fully saturated rings. The summed E-state index contributed by atoms with van der Waals surface area (Å²) >= 11 is 0. The summed E-state index contributed by atoms with van der Waals surface area (Å²) in [6.07, 6.45) is 4.23. The molecule has 1 atom stereocenters. The molecule has 0 saturated heterocycles. The van der Waals surface area contributed by atoms with Gasteiger partial charge >= 0.3 is 0 Å². The van der Waals surface area contributed by atoms with Crippen molar-refractivity contribution in [2.45, 2.75) is 32.7 Å². The van der Waals surface area contributed by atoms with Gasteiger partial charge in [0.05, 0.1) is 5.52 Å². The van der Waals surface area contributed by atoms with Crippen molar-refractivity contribution in [3.63, 3.8) is 0 Å². The number of para-hydroxylation sites is 1. The molecule has 1 aromatic carbocycles. The van der Waals surface area contributed by atoms with E-state index in [0.717, 1.165) is 12.8 Å². The van der Waals surface area contributed by atoms with E-state index in [0.29, 0.717) is 0 Å². The Morgan fingerprint density at radius 3 is 2.69 bits per heavy atom. The topological polar surface area (TPSA) is 30.9 Å². The van der Waals surface area contributed by atoms with Gasteiger partial charge in [-0.3, -0.25) is 0 Å². The first-order valence-corrected chi connectivity index (χ1v) is 6.01. The van der Waals surface area contributed by atoms with Crippen LogP contribution < -0.4 is 5.73 Å². The molecule has 0 aliphatic carbocycles. The lowest BCUT2D eigenvalue weighted by molar-refractivity contribution is 0.700. The highest BCUT2D eigenvalue weighted by atomic mass is 14.9. The van der Waals surface area contributed by atoms with Crippen LogP contribution in [0.15, 0.2) is 24.4 Å². The lowest BCUT2D eigenvalue weighted by Gasteiger charge is -2.07. The molecule has 86 valence electrons. The first kappa shape index (κ1) is 11.2. The maximum Gasteiger partial charge on any atom is 0.0513 e. The van der Waals surface area contributed by atoms with Crippen LogP contribution in [0.1, 0.15) is 37.4 Å². The van der Waals surface area contributed by atoms with Crippen LogP contribution in [0.3, 0.4) is 0 Å². The highest BCUT2D eigenvalue weighted by molar-refractivity contribution is 5.87. The largest absolute Gasteiger partial charge is 0.350 e. The summed E-state index contributed by atoms with van der Waals surface area (Å²) in [5.74, 6) is 0. The van der Waals surface area contributed by atoms with E-state index >= 15 is 0 Å². The van der Waals surface area contributed by atoms with E-state index in [9.17, 15) is 0 Å². The lowest BCUT2D eigenvalue weighted by Crippen LogP contribution is -2.07. The third-order valence-electron chi connectivity index (χ3n) is 3.34. The molecule has 0 radical (unpaired) electrons. The van der Waals surface area contributed by atoms with Crippen molar-refractivity contribution in [2.24, 2.45) is 12.8 Å². The van der Waals surface area contributed by atoms with E-state index in [-0.39, 0.29) is 6.04 Å². The van der Waals surface area contributed by atoms with Crippen LogP contribution in [0.2, 0.25) is 0 Å². The summed E-state index contributed by atoms with van der Waals surface area (Å²) in [6, 6.07) is 6.66. The Hall–Kier alpha value is -1.28. The Labute approximate surface area is 97.1 Å². The maximum atomic E-state index is 6.15. The van der Waals surface area contributed by atoms with Gasteiger partial charge in [-0.25, -0.2) is 0 Å². The van der Waals surface area contributed by atoms with E-state index in [4.69, 9.17) is 5.73 Å². The van der Waals surface area contributed by atoms with Crippen LogP contribution in [0.4, 0.5) is 0 Å². The van der Waals surface area contributed by atoms with Crippen molar-refractivity contribution in [3.8, 4) is 0 Å². The highest BCUT2D eigenvalue weighted by Crippen LogP contribution is 2.28. The third kappa shape index (κ3) is 1.63. The zero-order valence-electron chi connectivity index (χ0n) is 10.3. The van der Waals surface area contributed by atoms with Gasteiger partial charge in [-0.15, -0.1) is 0 Å². The summed E-state index contributed by atoms with van der Waals surface area (Å²) in [7, 11) is 2.10. The van der Waals surface area contributed by atoms with E-state index in [1.807, 2.05) is 0 Å². The number of rotatable bonds is 3. The number of aryl methyl sites for hydroxylation is 2. The number of hydrogen-bond acceptors (Lipinski definition) is 1. The van der Waals surface area contributed by atoms with Crippen molar-refractivity contribution in [1.29, 1.82) is 0 Å².